The number of ether oxygens (including phenoxy) is 1. The van der Waals surface area contributed by atoms with E-state index in [4.69, 9.17) is 4.74 Å². The molecule has 130 valence electrons. The predicted molar refractivity (Wildman–Crippen MR) is 102 cm³/mol. The Kier molecular flexibility index (Phi) is 4.34. The Morgan fingerprint density at radius 1 is 1.12 bits per heavy atom. The van der Waals surface area contributed by atoms with Crippen molar-refractivity contribution >= 4 is 27.6 Å². The number of carbonyl (C=O) groups excluding carboxylic acids is 1. The van der Waals surface area contributed by atoms with Crippen molar-refractivity contribution < 1.29 is 9.53 Å². The van der Waals surface area contributed by atoms with Gasteiger partial charge in [-0.2, -0.15) is 0 Å². The van der Waals surface area contributed by atoms with Crippen LogP contribution in [0, 0.1) is 5.92 Å². The van der Waals surface area contributed by atoms with E-state index in [1.54, 1.807) is 0 Å². The number of para-hydroxylation sites is 1. The highest BCUT2D eigenvalue weighted by Crippen LogP contribution is 2.36. The van der Waals surface area contributed by atoms with Crippen molar-refractivity contribution in [2.75, 3.05) is 6.61 Å². The van der Waals surface area contributed by atoms with E-state index in [1.165, 1.54) is 10.9 Å². The van der Waals surface area contributed by atoms with Gasteiger partial charge in [-0.05, 0) is 49.9 Å². The molecular weight excluding hydrogens is 310 g/mol. The Balaban J connectivity index is 1.91. The normalized spacial score (nSPS) is 17.8. The van der Waals surface area contributed by atoms with E-state index in [0.29, 0.717) is 0 Å². The van der Waals surface area contributed by atoms with Gasteiger partial charge in [0.05, 0.1) is 11.0 Å². The SMILES string of the molecule is CCC(CC)C(=O)c1ccc2c(c1)c1ccccc1n2C1CCCO1. The summed E-state index contributed by atoms with van der Waals surface area (Å²) in [4.78, 5) is 12.8. The number of ketones is 1. The van der Waals surface area contributed by atoms with Crippen LogP contribution in [-0.4, -0.2) is 17.0 Å². The lowest BCUT2D eigenvalue weighted by Gasteiger charge is -2.15. The molecule has 0 aliphatic carbocycles. The van der Waals surface area contributed by atoms with Crippen molar-refractivity contribution in [2.24, 2.45) is 5.92 Å². The maximum Gasteiger partial charge on any atom is 0.165 e. The number of Topliss-reactive ketones (excluding diaryl/α,β-unsaturated/α-hetero) is 1. The van der Waals surface area contributed by atoms with Gasteiger partial charge in [-0.1, -0.05) is 32.0 Å². The summed E-state index contributed by atoms with van der Waals surface area (Å²) in [5.41, 5.74) is 3.18. The van der Waals surface area contributed by atoms with Gasteiger partial charge < -0.3 is 9.30 Å². The van der Waals surface area contributed by atoms with Crippen LogP contribution in [0.4, 0.5) is 0 Å². The summed E-state index contributed by atoms with van der Waals surface area (Å²) in [6.07, 6.45) is 4.03. The number of fused-ring (bicyclic) bond motifs is 3. The summed E-state index contributed by atoms with van der Waals surface area (Å²) in [5.74, 6) is 0.379. The van der Waals surface area contributed by atoms with Gasteiger partial charge in [0.25, 0.3) is 0 Å². The van der Waals surface area contributed by atoms with E-state index < -0.39 is 0 Å². The zero-order valence-corrected chi connectivity index (χ0v) is 15.0. The monoisotopic (exact) mass is 335 g/mol. The number of nitrogens with zero attached hydrogens (tertiary/aromatic N) is 1. The summed E-state index contributed by atoms with van der Waals surface area (Å²) in [6, 6.07) is 14.6. The number of carbonyl (C=O) groups is 1. The number of hydrogen-bond donors (Lipinski definition) is 0. The highest BCUT2D eigenvalue weighted by Gasteiger charge is 2.23. The molecule has 0 amide bonds. The molecule has 2 aromatic carbocycles. The van der Waals surface area contributed by atoms with E-state index in [2.05, 4.69) is 54.8 Å². The molecule has 1 saturated heterocycles. The lowest BCUT2D eigenvalue weighted by Crippen LogP contribution is -2.13. The fraction of sp³-hybridized carbons (Fsp3) is 0.409. The van der Waals surface area contributed by atoms with Crippen molar-refractivity contribution in [3.05, 3.63) is 48.0 Å². The minimum Gasteiger partial charge on any atom is -0.358 e. The average molecular weight is 335 g/mol. The predicted octanol–water partition coefficient (Wildman–Crippen LogP) is 5.72. The zero-order chi connectivity index (χ0) is 17.4. The van der Waals surface area contributed by atoms with E-state index in [0.717, 1.165) is 48.8 Å². The second-order valence-corrected chi connectivity index (χ2v) is 6.96. The van der Waals surface area contributed by atoms with E-state index in [-0.39, 0.29) is 17.9 Å². The van der Waals surface area contributed by atoms with Gasteiger partial charge in [-0.3, -0.25) is 4.79 Å². The van der Waals surface area contributed by atoms with E-state index in [9.17, 15) is 4.79 Å². The summed E-state index contributed by atoms with van der Waals surface area (Å²) >= 11 is 0. The largest absolute Gasteiger partial charge is 0.358 e. The molecule has 3 aromatic rings. The second kappa shape index (κ2) is 6.64. The first kappa shape index (κ1) is 16.3. The van der Waals surface area contributed by atoms with Gasteiger partial charge in [0.15, 0.2) is 5.78 Å². The third-order valence-corrected chi connectivity index (χ3v) is 5.54. The molecule has 0 bridgehead atoms. The molecule has 1 aliphatic heterocycles. The number of benzene rings is 2. The molecule has 1 aliphatic rings. The molecule has 1 fully saturated rings. The van der Waals surface area contributed by atoms with Gasteiger partial charge in [-0.25, -0.2) is 0 Å². The van der Waals surface area contributed by atoms with Crippen LogP contribution in [0.1, 0.15) is 56.1 Å². The van der Waals surface area contributed by atoms with Crippen LogP contribution in [0.5, 0.6) is 0 Å². The van der Waals surface area contributed by atoms with Crippen LogP contribution in [-0.2, 0) is 4.74 Å². The van der Waals surface area contributed by atoms with Gasteiger partial charge >= 0.3 is 0 Å². The lowest BCUT2D eigenvalue weighted by atomic mass is 9.92. The zero-order valence-electron chi connectivity index (χ0n) is 15.0. The first-order chi connectivity index (χ1) is 12.2. The highest BCUT2D eigenvalue weighted by atomic mass is 16.5. The molecule has 4 rings (SSSR count). The summed E-state index contributed by atoms with van der Waals surface area (Å²) < 4.78 is 8.27. The van der Waals surface area contributed by atoms with Gasteiger partial charge in [0.1, 0.15) is 6.23 Å². The Morgan fingerprint density at radius 3 is 2.60 bits per heavy atom. The van der Waals surface area contributed by atoms with Crippen molar-refractivity contribution in [3.63, 3.8) is 0 Å². The van der Waals surface area contributed by atoms with Gasteiger partial charge in [0.2, 0.25) is 0 Å². The molecule has 1 unspecified atom stereocenters. The third kappa shape index (κ3) is 2.67. The Morgan fingerprint density at radius 2 is 1.88 bits per heavy atom. The standard InChI is InChI=1S/C22H25NO2/c1-3-15(4-2)22(24)16-11-12-20-18(14-16)17-8-5-6-9-19(17)23(20)21-10-7-13-25-21/h5-6,8-9,11-12,14-15,21H,3-4,7,10,13H2,1-2H3. The van der Waals surface area contributed by atoms with E-state index >= 15 is 0 Å². The Hall–Kier alpha value is -2.13. The van der Waals surface area contributed by atoms with E-state index in [1.807, 2.05) is 6.07 Å². The van der Waals surface area contributed by atoms with Crippen molar-refractivity contribution in [1.29, 1.82) is 0 Å². The fourth-order valence-electron chi connectivity index (χ4n) is 4.13. The molecule has 3 nitrogen and oxygen atoms in total. The Labute approximate surface area is 148 Å². The van der Waals surface area contributed by atoms with Gasteiger partial charge in [-0.15, -0.1) is 0 Å². The smallest absolute Gasteiger partial charge is 0.165 e. The van der Waals surface area contributed by atoms with Crippen LogP contribution in [0.15, 0.2) is 42.5 Å². The molecule has 0 N–H and O–H groups in total. The summed E-state index contributed by atoms with van der Waals surface area (Å²) in [6.45, 7) is 5.01. The topological polar surface area (TPSA) is 31.2 Å². The third-order valence-electron chi connectivity index (χ3n) is 5.54. The first-order valence-electron chi connectivity index (χ1n) is 9.43. The van der Waals surface area contributed by atoms with Crippen LogP contribution < -0.4 is 0 Å². The lowest BCUT2D eigenvalue weighted by molar-refractivity contribution is 0.0633. The van der Waals surface area contributed by atoms with Crippen LogP contribution in [0.3, 0.4) is 0 Å². The summed E-state index contributed by atoms with van der Waals surface area (Å²) in [7, 11) is 0. The van der Waals surface area contributed by atoms with Crippen molar-refractivity contribution in [3.8, 4) is 0 Å². The van der Waals surface area contributed by atoms with Gasteiger partial charge in [0, 0.05) is 28.9 Å². The molecule has 0 spiro atoms. The molecule has 0 radical (unpaired) electrons. The molecule has 2 heterocycles. The highest BCUT2D eigenvalue weighted by molar-refractivity contribution is 6.11. The van der Waals surface area contributed by atoms with Crippen molar-refractivity contribution in [2.45, 2.75) is 45.8 Å². The molecule has 25 heavy (non-hydrogen) atoms. The molecule has 1 atom stereocenters. The fourth-order valence-corrected chi connectivity index (χ4v) is 4.13. The molecule has 1 aromatic heterocycles. The molecule has 3 heteroatoms. The maximum atomic E-state index is 12.8. The molecular formula is C22H25NO2. The van der Waals surface area contributed by atoms with Crippen LogP contribution >= 0.6 is 0 Å². The second-order valence-electron chi connectivity index (χ2n) is 6.96. The minimum absolute atomic E-state index is 0.1000. The minimum atomic E-state index is 0.1000. The van der Waals surface area contributed by atoms with Crippen molar-refractivity contribution in [1.82, 2.24) is 4.57 Å². The molecule has 0 saturated carbocycles. The maximum absolute atomic E-state index is 12.8. The number of rotatable bonds is 5. The Bertz CT molecular complexity index is 914. The quantitative estimate of drug-likeness (QED) is 0.558. The van der Waals surface area contributed by atoms with Crippen LogP contribution in [0.25, 0.3) is 21.8 Å². The first-order valence-corrected chi connectivity index (χ1v) is 9.43. The summed E-state index contributed by atoms with van der Waals surface area (Å²) in [5, 5.41) is 2.36. The number of hydrogen-bond acceptors (Lipinski definition) is 2. The number of aromatic nitrogens is 1. The van der Waals surface area contributed by atoms with Crippen LogP contribution in [0.2, 0.25) is 0 Å². The average Bonchev–Trinajstić information content (AvgIpc) is 3.27.